The van der Waals surface area contributed by atoms with Crippen molar-refractivity contribution >= 4 is 33.0 Å². The predicted molar refractivity (Wildman–Crippen MR) is 83.1 cm³/mol. The van der Waals surface area contributed by atoms with Crippen molar-refractivity contribution < 1.29 is 4.39 Å². The Balaban J connectivity index is 2.25. The van der Waals surface area contributed by atoms with E-state index >= 15 is 0 Å². The van der Waals surface area contributed by atoms with Gasteiger partial charge in [0.05, 0.1) is 3.79 Å². The van der Waals surface area contributed by atoms with Gasteiger partial charge in [-0.15, -0.1) is 11.3 Å². The highest BCUT2D eigenvalue weighted by Gasteiger charge is 2.12. The monoisotopic (exact) mass is 342 g/mol. The maximum atomic E-state index is 13.3. The van der Waals surface area contributed by atoms with Crippen molar-refractivity contribution in [1.29, 1.82) is 0 Å². The van der Waals surface area contributed by atoms with Crippen LogP contribution in [0, 0.1) is 5.82 Å². The molecule has 102 valence electrons. The lowest BCUT2D eigenvalue weighted by Crippen LogP contribution is -2.20. The third-order valence-corrected chi connectivity index (χ3v) is 4.49. The van der Waals surface area contributed by atoms with Crippen LogP contribution < -0.4 is 10.6 Å². The van der Waals surface area contributed by atoms with Crippen molar-refractivity contribution in [3.63, 3.8) is 0 Å². The SMILES string of the molecule is C[C@@H](N)c1cc(F)ccc1N(C)Cc1csc(Br)c1. The van der Waals surface area contributed by atoms with E-state index in [1.807, 2.05) is 14.0 Å². The summed E-state index contributed by atoms with van der Waals surface area (Å²) >= 11 is 5.12. The lowest BCUT2D eigenvalue weighted by atomic mass is 10.1. The second-order valence-corrected chi connectivity index (χ2v) is 6.90. The van der Waals surface area contributed by atoms with Crippen LogP contribution in [0.3, 0.4) is 0 Å². The van der Waals surface area contributed by atoms with E-state index in [1.54, 1.807) is 17.4 Å². The van der Waals surface area contributed by atoms with Crippen molar-refractivity contribution in [2.24, 2.45) is 5.73 Å². The highest BCUT2D eigenvalue weighted by Crippen LogP contribution is 2.28. The van der Waals surface area contributed by atoms with Crippen LogP contribution in [0.15, 0.2) is 33.4 Å². The van der Waals surface area contributed by atoms with Gasteiger partial charge in [0, 0.05) is 25.3 Å². The van der Waals surface area contributed by atoms with Crippen LogP contribution in [0.2, 0.25) is 0 Å². The van der Waals surface area contributed by atoms with Crippen molar-refractivity contribution in [1.82, 2.24) is 0 Å². The molecule has 0 saturated carbocycles. The molecule has 5 heteroatoms. The van der Waals surface area contributed by atoms with Gasteiger partial charge in [0.2, 0.25) is 0 Å². The van der Waals surface area contributed by atoms with Gasteiger partial charge in [-0.25, -0.2) is 4.39 Å². The van der Waals surface area contributed by atoms with Gasteiger partial charge in [0.15, 0.2) is 0 Å². The summed E-state index contributed by atoms with van der Waals surface area (Å²) < 4.78 is 14.4. The average Bonchev–Trinajstić information content (AvgIpc) is 2.74. The van der Waals surface area contributed by atoms with Gasteiger partial charge in [-0.2, -0.15) is 0 Å². The van der Waals surface area contributed by atoms with Crippen LogP contribution in [0.25, 0.3) is 0 Å². The summed E-state index contributed by atoms with van der Waals surface area (Å²) in [6.45, 7) is 2.64. The Morgan fingerprint density at radius 3 is 2.74 bits per heavy atom. The maximum absolute atomic E-state index is 13.3. The molecule has 2 N–H and O–H groups in total. The molecule has 0 spiro atoms. The molecule has 0 unspecified atom stereocenters. The zero-order valence-electron chi connectivity index (χ0n) is 10.9. The van der Waals surface area contributed by atoms with E-state index in [9.17, 15) is 4.39 Å². The highest BCUT2D eigenvalue weighted by atomic mass is 79.9. The normalized spacial score (nSPS) is 12.5. The molecule has 1 heterocycles. The molecule has 1 aromatic carbocycles. The first-order valence-electron chi connectivity index (χ1n) is 5.96. The molecule has 2 aromatic rings. The third kappa shape index (κ3) is 3.55. The first-order chi connectivity index (χ1) is 8.97. The number of thiophene rings is 1. The zero-order chi connectivity index (χ0) is 14.0. The Hall–Kier alpha value is -0.910. The van der Waals surface area contributed by atoms with Crippen molar-refractivity contribution in [3.8, 4) is 0 Å². The minimum absolute atomic E-state index is 0.192. The Morgan fingerprint density at radius 2 is 2.16 bits per heavy atom. The molecule has 19 heavy (non-hydrogen) atoms. The Kier molecular flexibility index (Phi) is 4.60. The van der Waals surface area contributed by atoms with E-state index in [0.29, 0.717) is 0 Å². The van der Waals surface area contributed by atoms with Crippen LogP contribution in [-0.2, 0) is 6.54 Å². The van der Waals surface area contributed by atoms with Crippen LogP contribution in [0.4, 0.5) is 10.1 Å². The number of rotatable bonds is 4. The van der Waals surface area contributed by atoms with Crippen LogP contribution >= 0.6 is 27.3 Å². The number of benzene rings is 1. The maximum Gasteiger partial charge on any atom is 0.123 e. The summed E-state index contributed by atoms with van der Waals surface area (Å²) in [5.41, 5.74) is 8.94. The lowest BCUT2D eigenvalue weighted by Gasteiger charge is -2.23. The predicted octanol–water partition coefficient (Wildman–Crippen LogP) is 4.31. The second kappa shape index (κ2) is 6.03. The van der Waals surface area contributed by atoms with Gasteiger partial charge in [0.1, 0.15) is 5.82 Å². The summed E-state index contributed by atoms with van der Waals surface area (Å²) in [5.74, 6) is -0.247. The molecule has 2 rings (SSSR count). The van der Waals surface area contributed by atoms with E-state index in [2.05, 4.69) is 32.3 Å². The van der Waals surface area contributed by atoms with Gasteiger partial charge >= 0.3 is 0 Å². The summed E-state index contributed by atoms with van der Waals surface area (Å²) in [4.78, 5) is 2.09. The topological polar surface area (TPSA) is 29.3 Å². The minimum atomic E-state index is -0.247. The first kappa shape index (κ1) is 14.5. The van der Waals surface area contributed by atoms with Crippen LogP contribution in [-0.4, -0.2) is 7.05 Å². The Morgan fingerprint density at radius 1 is 1.42 bits per heavy atom. The molecular weight excluding hydrogens is 327 g/mol. The molecule has 0 aliphatic heterocycles. The molecule has 1 atom stereocenters. The summed E-state index contributed by atoms with van der Waals surface area (Å²) in [7, 11) is 1.99. The summed E-state index contributed by atoms with van der Waals surface area (Å²) in [6.07, 6.45) is 0. The first-order valence-corrected chi connectivity index (χ1v) is 7.63. The van der Waals surface area contributed by atoms with Gasteiger partial charge in [-0.1, -0.05) is 0 Å². The van der Waals surface area contributed by atoms with Crippen molar-refractivity contribution in [3.05, 3.63) is 50.4 Å². The molecule has 2 nitrogen and oxygen atoms in total. The van der Waals surface area contributed by atoms with Crippen molar-refractivity contribution in [2.45, 2.75) is 19.5 Å². The number of nitrogens with two attached hydrogens (primary N) is 1. The fourth-order valence-corrected chi connectivity index (χ4v) is 3.23. The molecule has 0 radical (unpaired) electrons. The number of nitrogens with zero attached hydrogens (tertiary/aromatic N) is 1. The Labute approximate surface area is 125 Å². The molecule has 0 aliphatic rings. The molecule has 0 fully saturated rings. The quantitative estimate of drug-likeness (QED) is 0.897. The fourth-order valence-electron chi connectivity index (χ4n) is 2.03. The van der Waals surface area contributed by atoms with Gasteiger partial charge < -0.3 is 10.6 Å². The smallest absolute Gasteiger partial charge is 0.123 e. The molecule has 1 aromatic heterocycles. The number of hydrogen-bond acceptors (Lipinski definition) is 3. The minimum Gasteiger partial charge on any atom is -0.370 e. The van der Waals surface area contributed by atoms with E-state index < -0.39 is 0 Å². The van der Waals surface area contributed by atoms with E-state index in [0.717, 1.165) is 21.6 Å². The van der Waals surface area contributed by atoms with Gasteiger partial charge in [-0.05, 0) is 63.6 Å². The van der Waals surface area contributed by atoms with E-state index in [1.165, 1.54) is 17.7 Å². The third-order valence-electron chi connectivity index (χ3n) is 2.93. The molecular formula is C14H16BrFN2S. The van der Waals surface area contributed by atoms with Gasteiger partial charge in [0.25, 0.3) is 0 Å². The highest BCUT2D eigenvalue weighted by molar-refractivity contribution is 9.11. The summed E-state index contributed by atoms with van der Waals surface area (Å²) in [5, 5.41) is 2.11. The van der Waals surface area contributed by atoms with Crippen LogP contribution in [0.5, 0.6) is 0 Å². The zero-order valence-corrected chi connectivity index (χ0v) is 13.3. The molecule has 0 saturated heterocycles. The average molecular weight is 343 g/mol. The second-order valence-electron chi connectivity index (χ2n) is 4.61. The van der Waals surface area contributed by atoms with Gasteiger partial charge in [-0.3, -0.25) is 0 Å². The molecule has 0 aliphatic carbocycles. The van der Waals surface area contributed by atoms with Crippen LogP contribution in [0.1, 0.15) is 24.1 Å². The van der Waals surface area contributed by atoms with Crippen molar-refractivity contribution in [2.75, 3.05) is 11.9 Å². The lowest BCUT2D eigenvalue weighted by molar-refractivity contribution is 0.622. The molecule has 0 bridgehead atoms. The van der Waals surface area contributed by atoms with E-state index in [-0.39, 0.29) is 11.9 Å². The standard InChI is InChI=1S/C14H16BrFN2S/c1-9(17)12-6-11(16)3-4-13(12)18(2)7-10-5-14(15)19-8-10/h3-6,8-9H,7,17H2,1-2H3/t9-/m1/s1. The molecule has 0 amide bonds. The van der Waals surface area contributed by atoms with E-state index in [4.69, 9.17) is 5.73 Å². The fraction of sp³-hybridized carbons (Fsp3) is 0.286. The Bertz CT molecular complexity index is 568. The number of halogens is 2. The number of anilines is 1. The largest absolute Gasteiger partial charge is 0.370 e. The summed E-state index contributed by atoms with van der Waals surface area (Å²) in [6, 6.07) is 6.68. The number of hydrogen-bond donors (Lipinski definition) is 1.